The van der Waals surface area contributed by atoms with Crippen LogP contribution in [-0.2, 0) is 5.41 Å². The standard InChI is InChI=1S/C65H46N4/c1-65(2)58-24-14-12-22-52(58)53-35-34-51(39-59(53)65)67(48-28-26-44(27-29-48)43-16-6-3-7-17-43)49-30-32-50(33-31-49)69-62-41-61-45(36-37-66(61)46-18-8-4-9-19-46)38-55(62)57-40-56-54-23-13-15-25-60(54)68(63(56)42-64(57)69)47-20-10-5-11-21-47/h3-42H,1-2H3. The van der Waals surface area contributed by atoms with Gasteiger partial charge in [-0.2, -0.15) is 0 Å². The second kappa shape index (κ2) is 15.1. The molecule has 0 aliphatic heterocycles. The molecule has 4 nitrogen and oxygen atoms in total. The Labute approximate surface area is 400 Å². The van der Waals surface area contributed by atoms with E-state index in [2.05, 4.69) is 275 Å². The molecule has 3 aromatic heterocycles. The van der Waals surface area contributed by atoms with Gasteiger partial charge in [-0.05, 0) is 143 Å². The normalized spacial score (nSPS) is 12.9. The molecule has 0 saturated heterocycles. The van der Waals surface area contributed by atoms with Crippen LogP contribution in [-0.4, -0.2) is 13.7 Å². The molecule has 10 aromatic carbocycles. The van der Waals surface area contributed by atoms with Crippen LogP contribution in [0.1, 0.15) is 25.0 Å². The van der Waals surface area contributed by atoms with Crippen LogP contribution in [0.4, 0.5) is 17.1 Å². The molecule has 0 radical (unpaired) electrons. The molecule has 1 aliphatic rings. The van der Waals surface area contributed by atoms with E-state index in [-0.39, 0.29) is 5.41 Å². The number of aromatic nitrogens is 3. The van der Waals surface area contributed by atoms with Gasteiger partial charge >= 0.3 is 0 Å². The second-order valence-electron chi connectivity index (χ2n) is 19.0. The molecule has 3 heterocycles. The third-order valence-corrected chi connectivity index (χ3v) is 14.8. The van der Waals surface area contributed by atoms with Gasteiger partial charge in [-0.25, -0.2) is 0 Å². The molecule has 0 fully saturated rings. The number of nitrogens with zero attached hydrogens (tertiary/aromatic N) is 4. The van der Waals surface area contributed by atoms with E-state index in [1.165, 1.54) is 76.9 Å². The SMILES string of the molecule is CC1(C)c2ccccc2-c2ccc(N(c3ccc(-c4ccccc4)cc3)c3ccc(-n4c5cc6c(ccn6-c6ccccc6)cc5c5cc6c7ccccc7n(-c7ccccc7)c6cc54)cc3)cc21. The Bertz CT molecular complexity index is 4120. The van der Waals surface area contributed by atoms with Crippen LogP contribution >= 0.6 is 0 Å². The second-order valence-corrected chi connectivity index (χ2v) is 19.0. The third kappa shape index (κ3) is 6.02. The summed E-state index contributed by atoms with van der Waals surface area (Å²) in [5.41, 5.74) is 20.2. The molecule has 4 heteroatoms. The molecule has 0 saturated carbocycles. The lowest BCUT2D eigenvalue weighted by Gasteiger charge is -2.28. The van der Waals surface area contributed by atoms with Gasteiger partial charge in [0.25, 0.3) is 0 Å². The molecule has 0 atom stereocenters. The number of hydrogen-bond donors (Lipinski definition) is 0. The minimum atomic E-state index is -0.130. The molecule has 0 bridgehead atoms. The number of para-hydroxylation sites is 3. The molecule has 0 spiro atoms. The fourth-order valence-corrected chi connectivity index (χ4v) is 11.5. The summed E-state index contributed by atoms with van der Waals surface area (Å²) in [5.74, 6) is 0. The van der Waals surface area contributed by atoms with E-state index in [1.807, 2.05) is 0 Å². The lowest BCUT2D eigenvalue weighted by atomic mass is 9.82. The van der Waals surface area contributed by atoms with Crippen LogP contribution in [0, 0.1) is 0 Å². The Hall–Kier alpha value is -8.86. The first kappa shape index (κ1) is 39.3. The van der Waals surface area contributed by atoms with Crippen molar-refractivity contribution in [1.82, 2.24) is 13.7 Å². The summed E-state index contributed by atoms with van der Waals surface area (Å²) in [7, 11) is 0. The predicted molar refractivity (Wildman–Crippen MR) is 290 cm³/mol. The van der Waals surface area contributed by atoms with E-state index in [1.54, 1.807) is 0 Å². The summed E-state index contributed by atoms with van der Waals surface area (Å²) in [4.78, 5) is 2.42. The van der Waals surface area contributed by atoms with Crippen LogP contribution in [0.15, 0.2) is 243 Å². The number of anilines is 3. The summed E-state index contributed by atoms with van der Waals surface area (Å²) in [6.45, 7) is 4.72. The average molecular weight is 883 g/mol. The number of fused-ring (bicyclic) bond motifs is 10. The number of benzene rings is 10. The Morgan fingerprint density at radius 3 is 1.59 bits per heavy atom. The van der Waals surface area contributed by atoms with Crippen molar-refractivity contribution in [1.29, 1.82) is 0 Å². The van der Waals surface area contributed by atoms with Crippen molar-refractivity contribution in [3.63, 3.8) is 0 Å². The predicted octanol–water partition coefficient (Wildman–Crippen LogP) is 17.3. The van der Waals surface area contributed by atoms with Crippen molar-refractivity contribution in [2.45, 2.75) is 19.3 Å². The first-order valence-corrected chi connectivity index (χ1v) is 23.9. The summed E-state index contributed by atoms with van der Waals surface area (Å²) < 4.78 is 7.22. The van der Waals surface area contributed by atoms with E-state index in [4.69, 9.17) is 0 Å². The van der Waals surface area contributed by atoms with Gasteiger partial charge in [0.1, 0.15) is 0 Å². The van der Waals surface area contributed by atoms with Crippen molar-refractivity contribution in [3.8, 4) is 39.3 Å². The lowest BCUT2D eigenvalue weighted by Crippen LogP contribution is -2.16. The zero-order valence-corrected chi connectivity index (χ0v) is 38.4. The smallest absolute Gasteiger partial charge is 0.0562 e. The Morgan fingerprint density at radius 2 is 0.855 bits per heavy atom. The number of rotatable bonds is 7. The van der Waals surface area contributed by atoms with E-state index in [9.17, 15) is 0 Å². The molecule has 0 amide bonds. The third-order valence-electron chi connectivity index (χ3n) is 14.8. The first-order valence-electron chi connectivity index (χ1n) is 23.9. The summed E-state index contributed by atoms with van der Waals surface area (Å²) >= 11 is 0. The molecule has 1 aliphatic carbocycles. The highest BCUT2D eigenvalue weighted by Crippen LogP contribution is 2.51. The first-order chi connectivity index (χ1) is 34.0. The van der Waals surface area contributed by atoms with E-state index >= 15 is 0 Å². The van der Waals surface area contributed by atoms with Gasteiger partial charge in [0, 0.05) is 72.7 Å². The van der Waals surface area contributed by atoms with E-state index in [0.717, 1.165) is 45.2 Å². The van der Waals surface area contributed by atoms with Crippen molar-refractivity contribution in [3.05, 3.63) is 254 Å². The highest BCUT2D eigenvalue weighted by atomic mass is 15.1. The molecule has 326 valence electrons. The highest BCUT2D eigenvalue weighted by Gasteiger charge is 2.36. The van der Waals surface area contributed by atoms with Gasteiger partial charge in [-0.3, -0.25) is 0 Å². The lowest BCUT2D eigenvalue weighted by molar-refractivity contribution is 0.660. The summed E-state index contributed by atoms with van der Waals surface area (Å²) in [5, 5.41) is 6.16. The zero-order chi connectivity index (χ0) is 45.8. The van der Waals surface area contributed by atoms with Crippen molar-refractivity contribution in [2.75, 3.05) is 4.90 Å². The Morgan fingerprint density at radius 1 is 0.333 bits per heavy atom. The van der Waals surface area contributed by atoms with Gasteiger partial charge in [-0.15, -0.1) is 0 Å². The van der Waals surface area contributed by atoms with Crippen molar-refractivity contribution in [2.24, 2.45) is 0 Å². The largest absolute Gasteiger partial charge is 0.316 e. The van der Waals surface area contributed by atoms with Crippen LogP contribution in [0.25, 0.3) is 93.8 Å². The fraction of sp³-hybridized carbons (Fsp3) is 0.0462. The van der Waals surface area contributed by atoms with E-state index in [0.29, 0.717) is 0 Å². The fourth-order valence-electron chi connectivity index (χ4n) is 11.5. The maximum atomic E-state index is 2.48. The minimum Gasteiger partial charge on any atom is -0.316 e. The Balaban J connectivity index is 0.983. The summed E-state index contributed by atoms with van der Waals surface area (Å²) in [6, 6.07) is 87.0. The van der Waals surface area contributed by atoms with Crippen molar-refractivity contribution < 1.29 is 0 Å². The highest BCUT2D eigenvalue weighted by molar-refractivity contribution is 6.20. The topological polar surface area (TPSA) is 18.0 Å². The van der Waals surface area contributed by atoms with Gasteiger partial charge in [0.05, 0.1) is 27.6 Å². The molecule has 14 rings (SSSR count). The van der Waals surface area contributed by atoms with Crippen LogP contribution < -0.4 is 4.90 Å². The van der Waals surface area contributed by atoms with Gasteiger partial charge in [0.15, 0.2) is 0 Å². The Kier molecular flexibility index (Phi) is 8.59. The molecular weight excluding hydrogens is 837 g/mol. The van der Waals surface area contributed by atoms with Crippen LogP contribution in [0.3, 0.4) is 0 Å². The monoisotopic (exact) mass is 882 g/mol. The average Bonchev–Trinajstić information content (AvgIpc) is 4.12. The maximum absolute atomic E-state index is 2.48. The van der Waals surface area contributed by atoms with Gasteiger partial charge in [-0.1, -0.05) is 141 Å². The molecule has 0 N–H and O–H groups in total. The van der Waals surface area contributed by atoms with Crippen molar-refractivity contribution >= 4 is 71.6 Å². The zero-order valence-electron chi connectivity index (χ0n) is 38.4. The quantitative estimate of drug-likeness (QED) is 0.156. The van der Waals surface area contributed by atoms with Gasteiger partial charge in [0.2, 0.25) is 0 Å². The van der Waals surface area contributed by atoms with Crippen LogP contribution in [0.5, 0.6) is 0 Å². The van der Waals surface area contributed by atoms with E-state index < -0.39 is 0 Å². The van der Waals surface area contributed by atoms with Crippen LogP contribution in [0.2, 0.25) is 0 Å². The molecule has 13 aromatic rings. The number of hydrogen-bond acceptors (Lipinski definition) is 1. The van der Waals surface area contributed by atoms with Gasteiger partial charge < -0.3 is 18.6 Å². The minimum absolute atomic E-state index is 0.130. The summed E-state index contributed by atoms with van der Waals surface area (Å²) in [6.07, 6.45) is 2.20. The molecule has 69 heavy (non-hydrogen) atoms. The molecule has 0 unspecified atom stereocenters. The maximum Gasteiger partial charge on any atom is 0.0562 e. The molecular formula is C65H46N4.